The zero-order valence-corrected chi connectivity index (χ0v) is 13.9. The van der Waals surface area contributed by atoms with Crippen molar-refractivity contribution in [2.75, 3.05) is 13.1 Å². The predicted octanol–water partition coefficient (Wildman–Crippen LogP) is 4.74. The maximum absolute atomic E-state index is 13.8. The first kappa shape index (κ1) is 16.5. The first-order valence-electron chi connectivity index (χ1n) is 7.78. The lowest BCUT2D eigenvalue weighted by atomic mass is 10.0. The van der Waals surface area contributed by atoms with E-state index in [1.807, 2.05) is 6.08 Å². The summed E-state index contributed by atoms with van der Waals surface area (Å²) in [5.41, 5.74) is 0.821. The molecule has 1 aliphatic heterocycles. The molecule has 0 radical (unpaired) electrons. The van der Waals surface area contributed by atoms with Gasteiger partial charge in [-0.3, -0.25) is 0 Å². The van der Waals surface area contributed by atoms with Crippen LogP contribution < -0.4 is 0 Å². The van der Waals surface area contributed by atoms with Crippen molar-refractivity contribution in [1.29, 1.82) is 0 Å². The molecule has 3 rings (SSSR count). The Morgan fingerprint density at radius 2 is 2.04 bits per heavy atom. The van der Waals surface area contributed by atoms with E-state index in [4.69, 9.17) is 9.15 Å². The smallest absolute Gasteiger partial charge is 0.410 e. The first-order valence-corrected chi connectivity index (χ1v) is 7.78. The summed E-state index contributed by atoms with van der Waals surface area (Å²) in [4.78, 5) is 13.8. The van der Waals surface area contributed by atoms with Gasteiger partial charge in [0.2, 0.25) is 0 Å². The van der Waals surface area contributed by atoms with Gasteiger partial charge in [0.15, 0.2) is 11.4 Å². The van der Waals surface area contributed by atoms with Gasteiger partial charge in [0, 0.05) is 30.1 Å². The number of rotatable bonds is 1. The molecule has 1 aromatic heterocycles. The molecule has 24 heavy (non-hydrogen) atoms. The Kier molecular flexibility index (Phi) is 4.07. The summed E-state index contributed by atoms with van der Waals surface area (Å²) < 4.78 is 37.9. The number of carbonyl (C=O) groups excluding carboxylic acids is 1. The summed E-state index contributed by atoms with van der Waals surface area (Å²) in [7, 11) is 0. The van der Waals surface area contributed by atoms with E-state index >= 15 is 0 Å². The van der Waals surface area contributed by atoms with Crippen molar-refractivity contribution in [3.8, 4) is 0 Å². The molecule has 0 saturated heterocycles. The fourth-order valence-corrected chi connectivity index (χ4v) is 2.73. The highest BCUT2D eigenvalue weighted by Crippen LogP contribution is 2.32. The number of fused-ring (bicyclic) bond motifs is 1. The lowest BCUT2D eigenvalue weighted by Gasteiger charge is -2.30. The second-order valence-corrected chi connectivity index (χ2v) is 6.83. The Labute approximate surface area is 138 Å². The van der Waals surface area contributed by atoms with Crippen LogP contribution in [0.2, 0.25) is 0 Å². The molecule has 0 atom stereocenters. The molecule has 0 spiro atoms. The van der Waals surface area contributed by atoms with Crippen LogP contribution in [-0.2, 0) is 4.74 Å². The molecule has 1 amide bonds. The number of hydrogen-bond acceptors (Lipinski definition) is 3. The molecule has 2 aromatic rings. The largest absolute Gasteiger partial charge is 0.461 e. The molecule has 2 heterocycles. The van der Waals surface area contributed by atoms with Gasteiger partial charge in [-0.15, -0.1) is 0 Å². The highest BCUT2D eigenvalue weighted by molar-refractivity contribution is 5.92. The third-order valence-corrected chi connectivity index (χ3v) is 3.74. The summed E-state index contributed by atoms with van der Waals surface area (Å²) in [6, 6.07) is 2.03. The van der Waals surface area contributed by atoms with Crippen LogP contribution in [0.25, 0.3) is 16.5 Å². The van der Waals surface area contributed by atoms with Crippen LogP contribution in [0.3, 0.4) is 0 Å². The molecule has 0 aliphatic carbocycles. The normalized spacial score (nSPS) is 15.5. The van der Waals surface area contributed by atoms with Crippen LogP contribution in [0.5, 0.6) is 0 Å². The standard InChI is InChI=1S/C18H19F2NO3/c1-18(2,3)24-17(22)21-6-4-5-11(9-21)14-10-23-16-13(14)7-12(19)8-15(16)20/h5,7-8,10H,4,6,9H2,1-3H3. The van der Waals surface area contributed by atoms with E-state index in [2.05, 4.69) is 0 Å². The maximum atomic E-state index is 13.8. The minimum Gasteiger partial charge on any atom is -0.461 e. The SMILES string of the molecule is CC(C)(C)OC(=O)N1CCC=C(c2coc3c(F)cc(F)cc23)C1. The zero-order valence-electron chi connectivity index (χ0n) is 13.9. The Morgan fingerprint density at radius 1 is 1.29 bits per heavy atom. The van der Waals surface area contributed by atoms with Crippen molar-refractivity contribution < 1.29 is 22.7 Å². The Hall–Kier alpha value is -2.37. The van der Waals surface area contributed by atoms with Gasteiger partial charge in [-0.05, 0) is 38.8 Å². The molecule has 1 aromatic carbocycles. The number of amides is 1. The van der Waals surface area contributed by atoms with Crippen LogP contribution in [0.15, 0.2) is 28.9 Å². The minimum absolute atomic E-state index is 0.0155. The number of furan rings is 1. The van der Waals surface area contributed by atoms with Gasteiger partial charge >= 0.3 is 6.09 Å². The molecular weight excluding hydrogens is 316 g/mol. The van der Waals surface area contributed by atoms with E-state index in [-0.39, 0.29) is 5.58 Å². The topological polar surface area (TPSA) is 42.7 Å². The molecule has 0 unspecified atom stereocenters. The van der Waals surface area contributed by atoms with Crippen molar-refractivity contribution in [2.45, 2.75) is 32.8 Å². The Balaban J connectivity index is 1.88. The van der Waals surface area contributed by atoms with E-state index in [1.54, 1.807) is 25.7 Å². The van der Waals surface area contributed by atoms with Gasteiger partial charge in [-0.25, -0.2) is 13.6 Å². The van der Waals surface area contributed by atoms with Crippen LogP contribution >= 0.6 is 0 Å². The quantitative estimate of drug-likeness (QED) is 0.756. The molecule has 128 valence electrons. The number of ether oxygens (including phenoxy) is 1. The molecule has 4 nitrogen and oxygen atoms in total. The number of carbonyl (C=O) groups is 1. The summed E-state index contributed by atoms with van der Waals surface area (Å²) in [5, 5.41) is 0.366. The summed E-state index contributed by atoms with van der Waals surface area (Å²) in [6.45, 7) is 6.26. The number of halogens is 2. The van der Waals surface area contributed by atoms with Crippen molar-refractivity contribution in [1.82, 2.24) is 4.90 Å². The second-order valence-electron chi connectivity index (χ2n) is 6.83. The number of benzene rings is 1. The van der Waals surface area contributed by atoms with Gasteiger partial charge in [0.25, 0.3) is 0 Å². The molecular formula is C18H19F2NO3. The van der Waals surface area contributed by atoms with Crippen molar-refractivity contribution >= 4 is 22.6 Å². The van der Waals surface area contributed by atoms with Gasteiger partial charge < -0.3 is 14.1 Å². The predicted molar refractivity (Wildman–Crippen MR) is 86.5 cm³/mol. The van der Waals surface area contributed by atoms with Gasteiger partial charge in [-0.1, -0.05) is 6.08 Å². The third-order valence-electron chi connectivity index (χ3n) is 3.74. The van der Waals surface area contributed by atoms with Crippen molar-refractivity contribution in [3.05, 3.63) is 41.7 Å². The Morgan fingerprint density at radius 3 is 2.75 bits per heavy atom. The fourth-order valence-electron chi connectivity index (χ4n) is 2.73. The summed E-state index contributed by atoms with van der Waals surface area (Å²) >= 11 is 0. The average molecular weight is 335 g/mol. The van der Waals surface area contributed by atoms with E-state index in [0.717, 1.165) is 11.6 Å². The van der Waals surface area contributed by atoms with Crippen molar-refractivity contribution in [2.24, 2.45) is 0 Å². The minimum atomic E-state index is -0.739. The van der Waals surface area contributed by atoms with E-state index in [9.17, 15) is 13.6 Å². The zero-order chi connectivity index (χ0) is 17.5. The monoisotopic (exact) mass is 335 g/mol. The molecule has 6 heteroatoms. The Bertz CT molecular complexity index is 818. The maximum Gasteiger partial charge on any atom is 0.410 e. The average Bonchev–Trinajstić information content (AvgIpc) is 2.89. The highest BCUT2D eigenvalue weighted by atomic mass is 19.1. The summed E-state index contributed by atoms with van der Waals surface area (Å²) in [5.74, 6) is -1.40. The fraction of sp³-hybridized carbons (Fsp3) is 0.389. The molecule has 0 fully saturated rings. The van der Waals surface area contributed by atoms with Crippen LogP contribution in [0.4, 0.5) is 13.6 Å². The number of hydrogen-bond donors (Lipinski definition) is 0. The lowest BCUT2D eigenvalue weighted by molar-refractivity contribution is 0.0273. The van der Waals surface area contributed by atoms with Crippen LogP contribution in [-0.4, -0.2) is 29.7 Å². The summed E-state index contributed by atoms with van der Waals surface area (Å²) in [6.07, 6.45) is 3.59. The third kappa shape index (κ3) is 3.27. The van der Waals surface area contributed by atoms with Gasteiger partial charge in [0.1, 0.15) is 11.4 Å². The van der Waals surface area contributed by atoms with Crippen molar-refractivity contribution in [3.63, 3.8) is 0 Å². The lowest BCUT2D eigenvalue weighted by Crippen LogP contribution is -2.39. The molecule has 0 N–H and O–H groups in total. The van der Waals surface area contributed by atoms with Crippen LogP contribution in [0.1, 0.15) is 32.8 Å². The number of nitrogens with zero attached hydrogens (tertiary/aromatic N) is 1. The van der Waals surface area contributed by atoms with Crippen LogP contribution in [0, 0.1) is 11.6 Å². The second kappa shape index (κ2) is 5.92. The van der Waals surface area contributed by atoms with E-state index < -0.39 is 23.3 Å². The molecule has 0 saturated carbocycles. The molecule has 1 aliphatic rings. The first-order chi connectivity index (χ1) is 11.2. The van der Waals surface area contributed by atoms with E-state index in [0.29, 0.717) is 30.5 Å². The highest BCUT2D eigenvalue weighted by Gasteiger charge is 2.26. The molecule has 0 bridgehead atoms. The van der Waals surface area contributed by atoms with E-state index in [1.165, 1.54) is 12.3 Å². The van der Waals surface area contributed by atoms with Gasteiger partial charge in [-0.2, -0.15) is 0 Å². The van der Waals surface area contributed by atoms with Gasteiger partial charge in [0.05, 0.1) is 6.26 Å².